The fourth-order valence-corrected chi connectivity index (χ4v) is 4.75. The van der Waals surface area contributed by atoms with E-state index in [0.29, 0.717) is 29.5 Å². The molecule has 0 aliphatic heterocycles. The van der Waals surface area contributed by atoms with Crippen LogP contribution in [-0.4, -0.2) is 43.9 Å². The second-order valence-electron chi connectivity index (χ2n) is 9.55. The first-order valence-corrected chi connectivity index (χ1v) is 12.4. The van der Waals surface area contributed by atoms with Gasteiger partial charge in [0.2, 0.25) is 0 Å². The van der Waals surface area contributed by atoms with Crippen molar-refractivity contribution in [2.75, 3.05) is 12.4 Å². The molecule has 190 valence electrons. The lowest BCUT2D eigenvalue weighted by atomic mass is 9.95. The molecule has 1 fully saturated rings. The van der Waals surface area contributed by atoms with Crippen LogP contribution in [0.15, 0.2) is 72.8 Å². The summed E-state index contributed by atoms with van der Waals surface area (Å²) in [6.07, 6.45) is 2.16. The number of nitrogens with zero attached hydrogens (tertiary/aromatic N) is 3. The lowest BCUT2D eigenvalue weighted by Gasteiger charge is -2.30. The zero-order valence-corrected chi connectivity index (χ0v) is 20.9. The number of aromatic hydroxyl groups is 2. The third-order valence-electron chi connectivity index (χ3n) is 6.79. The number of nitrogens with two attached hydrogens (primary N) is 1. The van der Waals surface area contributed by atoms with Crippen molar-refractivity contribution in [1.82, 2.24) is 14.7 Å². The zero-order valence-electron chi connectivity index (χ0n) is 20.9. The van der Waals surface area contributed by atoms with Crippen LogP contribution in [0.3, 0.4) is 0 Å². The summed E-state index contributed by atoms with van der Waals surface area (Å²) in [4.78, 5) is 15.6. The van der Waals surface area contributed by atoms with Gasteiger partial charge in [-0.3, -0.25) is 9.69 Å². The highest BCUT2D eigenvalue weighted by Crippen LogP contribution is 2.42. The van der Waals surface area contributed by atoms with E-state index in [-0.39, 0.29) is 23.4 Å². The van der Waals surface area contributed by atoms with Crippen LogP contribution >= 0.6 is 0 Å². The molecular weight excluding hydrogens is 466 g/mol. The Morgan fingerprint density at radius 3 is 2.62 bits per heavy atom. The van der Waals surface area contributed by atoms with Gasteiger partial charge < -0.3 is 21.3 Å². The molecule has 1 aliphatic rings. The van der Waals surface area contributed by atoms with Crippen LogP contribution in [0.4, 0.5) is 5.69 Å². The molecule has 1 aliphatic carbocycles. The molecular formula is C29H31N5O3. The number of phenolic OH excluding ortho intramolecular Hbond substituents is 2. The number of benzene rings is 3. The molecule has 37 heavy (non-hydrogen) atoms. The molecule has 1 aromatic heterocycles. The summed E-state index contributed by atoms with van der Waals surface area (Å²) < 4.78 is 1.63. The van der Waals surface area contributed by atoms with Gasteiger partial charge in [-0.25, -0.2) is 4.68 Å². The predicted octanol–water partition coefficient (Wildman–Crippen LogP) is 4.49. The van der Waals surface area contributed by atoms with Crippen LogP contribution in [0.2, 0.25) is 0 Å². The fraction of sp³-hybridized carbons (Fsp3) is 0.241. The molecule has 1 unspecified atom stereocenters. The molecule has 1 heterocycles. The highest BCUT2D eigenvalue weighted by molar-refractivity contribution is 6.03. The average molecular weight is 498 g/mol. The minimum atomic E-state index is -0.289. The van der Waals surface area contributed by atoms with E-state index in [1.165, 1.54) is 6.07 Å². The molecule has 0 bridgehead atoms. The summed E-state index contributed by atoms with van der Waals surface area (Å²) >= 11 is 0. The maximum Gasteiger partial charge on any atom is 0.274 e. The molecule has 0 radical (unpaired) electrons. The van der Waals surface area contributed by atoms with E-state index in [1.807, 2.05) is 68.6 Å². The van der Waals surface area contributed by atoms with Crippen molar-refractivity contribution in [3.05, 3.63) is 101 Å². The Morgan fingerprint density at radius 1 is 1.11 bits per heavy atom. The number of rotatable bonds is 8. The van der Waals surface area contributed by atoms with E-state index in [4.69, 9.17) is 5.73 Å². The number of carbonyl (C=O) groups excluding carboxylic acids is 1. The SMILES string of the molecule is Cc1cc(C(=O)Nc2cccc(C(c3cccc(O)c3O)N(C)C3CC3)c2)n(-c2cccc(CN)c2)n1. The zero-order chi connectivity index (χ0) is 26.1. The van der Waals surface area contributed by atoms with Crippen molar-refractivity contribution < 1.29 is 15.0 Å². The Morgan fingerprint density at radius 2 is 1.86 bits per heavy atom. The summed E-state index contributed by atoms with van der Waals surface area (Å²) in [5, 5.41) is 28.3. The lowest BCUT2D eigenvalue weighted by molar-refractivity contribution is 0.101. The number of aryl methyl sites for hydroxylation is 1. The summed E-state index contributed by atoms with van der Waals surface area (Å²) in [5.41, 5.74) is 10.8. The molecule has 0 spiro atoms. The van der Waals surface area contributed by atoms with E-state index in [9.17, 15) is 15.0 Å². The van der Waals surface area contributed by atoms with Gasteiger partial charge >= 0.3 is 0 Å². The molecule has 1 atom stereocenters. The number of nitrogens with one attached hydrogen (secondary N) is 1. The summed E-state index contributed by atoms with van der Waals surface area (Å²) in [5.74, 6) is -0.574. The third kappa shape index (κ3) is 5.07. The smallest absolute Gasteiger partial charge is 0.274 e. The van der Waals surface area contributed by atoms with Gasteiger partial charge in [-0.1, -0.05) is 36.4 Å². The second kappa shape index (κ2) is 10.1. The summed E-state index contributed by atoms with van der Waals surface area (Å²) in [6.45, 7) is 2.24. The predicted molar refractivity (Wildman–Crippen MR) is 143 cm³/mol. The minimum Gasteiger partial charge on any atom is -0.504 e. The normalized spacial score (nSPS) is 14.1. The molecule has 5 N–H and O–H groups in total. The lowest BCUT2D eigenvalue weighted by Crippen LogP contribution is -2.28. The monoisotopic (exact) mass is 497 g/mol. The van der Waals surface area contributed by atoms with Gasteiger partial charge in [-0.15, -0.1) is 0 Å². The number of phenols is 2. The number of anilines is 1. The first kappa shape index (κ1) is 24.5. The molecule has 0 saturated heterocycles. The van der Waals surface area contributed by atoms with Gasteiger partial charge in [0.05, 0.1) is 17.4 Å². The van der Waals surface area contributed by atoms with E-state index in [0.717, 1.165) is 35.3 Å². The van der Waals surface area contributed by atoms with Crippen molar-refractivity contribution in [2.45, 2.75) is 38.4 Å². The van der Waals surface area contributed by atoms with Gasteiger partial charge in [-0.05, 0) is 74.3 Å². The maximum atomic E-state index is 13.4. The number of amides is 1. The van der Waals surface area contributed by atoms with Crippen molar-refractivity contribution >= 4 is 11.6 Å². The molecule has 1 saturated carbocycles. The number of carbonyl (C=O) groups is 1. The van der Waals surface area contributed by atoms with Crippen LogP contribution in [0.1, 0.15) is 51.8 Å². The summed E-state index contributed by atoms with van der Waals surface area (Å²) in [6, 6.07) is 22.1. The van der Waals surface area contributed by atoms with Crippen LogP contribution in [0, 0.1) is 6.92 Å². The molecule has 3 aromatic carbocycles. The quantitative estimate of drug-likeness (QED) is 0.267. The van der Waals surface area contributed by atoms with Crippen LogP contribution in [-0.2, 0) is 6.54 Å². The van der Waals surface area contributed by atoms with Crippen molar-refractivity contribution in [3.63, 3.8) is 0 Å². The van der Waals surface area contributed by atoms with Crippen LogP contribution in [0.5, 0.6) is 11.5 Å². The molecule has 1 amide bonds. The van der Waals surface area contributed by atoms with E-state index < -0.39 is 0 Å². The molecule has 5 rings (SSSR count). The summed E-state index contributed by atoms with van der Waals surface area (Å²) in [7, 11) is 2.02. The largest absolute Gasteiger partial charge is 0.504 e. The first-order chi connectivity index (χ1) is 17.9. The van der Waals surface area contributed by atoms with Gasteiger partial charge in [0.25, 0.3) is 5.91 Å². The Balaban J connectivity index is 1.46. The van der Waals surface area contributed by atoms with Crippen molar-refractivity contribution in [1.29, 1.82) is 0 Å². The topological polar surface area (TPSA) is 117 Å². The average Bonchev–Trinajstić information content (AvgIpc) is 3.68. The van der Waals surface area contributed by atoms with Crippen molar-refractivity contribution in [3.8, 4) is 17.2 Å². The Bertz CT molecular complexity index is 1440. The minimum absolute atomic E-state index is 0.131. The Kier molecular flexibility index (Phi) is 6.69. The number of para-hydroxylation sites is 1. The van der Waals surface area contributed by atoms with E-state index in [1.54, 1.807) is 16.8 Å². The molecule has 8 nitrogen and oxygen atoms in total. The third-order valence-corrected chi connectivity index (χ3v) is 6.79. The van der Waals surface area contributed by atoms with Gasteiger partial charge in [0, 0.05) is 23.8 Å². The van der Waals surface area contributed by atoms with Gasteiger partial charge in [0.15, 0.2) is 11.5 Å². The Hall–Kier alpha value is -4.14. The fourth-order valence-electron chi connectivity index (χ4n) is 4.75. The van der Waals surface area contributed by atoms with Gasteiger partial charge in [0.1, 0.15) is 5.69 Å². The number of hydrogen-bond donors (Lipinski definition) is 4. The first-order valence-electron chi connectivity index (χ1n) is 12.4. The molecule has 4 aromatic rings. The number of aromatic nitrogens is 2. The Labute approximate surface area is 216 Å². The second-order valence-corrected chi connectivity index (χ2v) is 9.55. The van der Waals surface area contributed by atoms with E-state index >= 15 is 0 Å². The standard InChI is InChI=1S/C29H31N5O3/c1-18-14-25(34(32-18)23-9-3-6-19(15-23)17-30)29(37)31-21-8-4-7-20(16-21)27(33(2)22-12-13-22)24-10-5-11-26(35)28(24)36/h3-11,14-16,22,27,35-36H,12-13,17,30H2,1-2H3,(H,31,37). The van der Waals surface area contributed by atoms with E-state index in [2.05, 4.69) is 15.3 Å². The van der Waals surface area contributed by atoms with Crippen molar-refractivity contribution in [2.24, 2.45) is 5.73 Å². The highest BCUT2D eigenvalue weighted by atomic mass is 16.3. The maximum absolute atomic E-state index is 13.4. The molecule has 8 heteroatoms. The van der Waals surface area contributed by atoms with Gasteiger partial charge in [-0.2, -0.15) is 5.10 Å². The number of hydrogen-bond acceptors (Lipinski definition) is 6. The highest BCUT2D eigenvalue weighted by Gasteiger charge is 2.34. The van der Waals surface area contributed by atoms with Crippen LogP contribution < -0.4 is 11.1 Å². The van der Waals surface area contributed by atoms with Crippen LogP contribution in [0.25, 0.3) is 5.69 Å².